The van der Waals surface area contributed by atoms with Gasteiger partial charge in [0.2, 0.25) is 0 Å². The van der Waals surface area contributed by atoms with E-state index in [0.717, 1.165) is 6.42 Å². The van der Waals surface area contributed by atoms with E-state index in [0.29, 0.717) is 24.4 Å². The van der Waals surface area contributed by atoms with Gasteiger partial charge in [0.15, 0.2) is 0 Å². The normalized spacial score (nSPS) is 20.9. The van der Waals surface area contributed by atoms with Gasteiger partial charge < -0.3 is 9.84 Å². The Bertz CT molecular complexity index is 175. The van der Waals surface area contributed by atoms with Gasteiger partial charge in [0.1, 0.15) is 5.76 Å². The first-order valence-corrected chi connectivity index (χ1v) is 3.33. The van der Waals surface area contributed by atoms with Crippen LogP contribution in [0.4, 0.5) is 0 Å². The van der Waals surface area contributed by atoms with Crippen LogP contribution in [-0.2, 0) is 9.53 Å². The first-order chi connectivity index (χ1) is 4.75. The number of ether oxygens (including phenoxy) is 1. The van der Waals surface area contributed by atoms with Crippen molar-refractivity contribution in [2.75, 3.05) is 6.61 Å². The molecule has 3 nitrogen and oxygen atoms in total. The number of carboxylic acid groups (broad SMARTS) is 1. The summed E-state index contributed by atoms with van der Waals surface area (Å²) < 4.78 is 4.94. The topological polar surface area (TPSA) is 46.5 Å². The second-order valence-corrected chi connectivity index (χ2v) is 2.16. The van der Waals surface area contributed by atoms with Crippen molar-refractivity contribution in [2.45, 2.75) is 19.8 Å². The van der Waals surface area contributed by atoms with Gasteiger partial charge in [0.05, 0.1) is 12.2 Å². The van der Waals surface area contributed by atoms with E-state index in [9.17, 15) is 4.79 Å². The van der Waals surface area contributed by atoms with Gasteiger partial charge in [0.25, 0.3) is 0 Å². The maximum Gasteiger partial charge on any atom is 0.334 e. The van der Waals surface area contributed by atoms with Crippen molar-refractivity contribution in [3.63, 3.8) is 0 Å². The molecule has 1 aliphatic heterocycles. The van der Waals surface area contributed by atoms with Crippen molar-refractivity contribution >= 4 is 5.97 Å². The van der Waals surface area contributed by atoms with Gasteiger partial charge in [-0.1, -0.05) is 6.92 Å². The molecule has 0 aliphatic carbocycles. The fraction of sp³-hybridized carbons (Fsp3) is 0.571. The van der Waals surface area contributed by atoms with Crippen LogP contribution in [0.5, 0.6) is 0 Å². The Labute approximate surface area is 59.3 Å². The Hall–Kier alpha value is -0.990. The van der Waals surface area contributed by atoms with Gasteiger partial charge in [-0.05, 0) is 6.42 Å². The summed E-state index contributed by atoms with van der Waals surface area (Å²) in [6.07, 6.45) is 1.33. The summed E-state index contributed by atoms with van der Waals surface area (Å²) in [5.74, 6) is -0.188. The minimum absolute atomic E-state index is 0.422. The first kappa shape index (κ1) is 7.12. The summed E-state index contributed by atoms with van der Waals surface area (Å²) in [5, 5.41) is 8.57. The zero-order valence-corrected chi connectivity index (χ0v) is 5.89. The number of hydrogen-bond acceptors (Lipinski definition) is 2. The minimum atomic E-state index is -0.850. The Morgan fingerprint density at radius 3 is 2.50 bits per heavy atom. The van der Waals surface area contributed by atoms with Crippen LogP contribution in [0.25, 0.3) is 0 Å². The summed E-state index contributed by atoms with van der Waals surface area (Å²) in [6.45, 7) is 2.49. The van der Waals surface area contributed by atoms with Crippen LogP contribution in [0.15, 0.2) is 11.3 Å². The van der Waals surface area contributed by atoms with Crippen LogP contribution in [0.2, 0.25) is 0 Å². The molecule has 0 aromatic carbocycles. The third kappa shape index (κ3) is 1.12. The molecule has 0 radical (unpaired) electrons. The molecule has 1 aliphatic rings. The molecule has 3 heteroatoms. The van der Waals surface area contributed by atoms with Crippen LogP contribution in [0.1, 0.15) is 19.8 Å². The fourth-order valence-corrected chi connectivity index (χ4v) is 0.910. The summed E-state index contributed by atoms with van der Waals surface area (Å²) >= 11 is 0. The molecule has 0 amide bonds. The molecule has 1 rings (SSSR count). The van der Waals surface area contributed by atoms with Crippen molar-refractivity contribution in [1.82, 2.24) is 0 Å². The second-order valence-electron chi connectivity index (χ2n) is 2.16. The molecular formula is C7H10O3. The monoisotopic (exact) mass is 142 g/mol. The molecule has 1 saturated heterocycles. The van der Waals surface area contributed by atoms with Gasteiger partial charge >= 0.3 is 5.97 Å². The van der Waals surface area contributed by atoms with E-state index in [1.807, 2.05) is 6.92 Å². The SMILES string of the molecule is CCC(C(=O)O)=C1CCO1. The minimum Gasteiger partial charge on any atom is -0.497 e. The summed E-state index contributed by atoms with van der Waals surface area (Å²) in [6, 6.07) is 0. The maximum absolute atomic E-state index is 10.4. The number of carboxylic acids is 1. The lowest BCUT2D eigenvalue weighted by atomic mass is 10.1. The van der Waals surface area contributed by atoms with Gasteiger partial charge in [-0.3, -0.25) is 0 Å². The molecule has 1 fully saturated rings. The van der Waals surface area contributed by atoms with Gasteiger partial charge in [-0.15, -0.1) is 0 Å². The molecule has 0 bridgehead atoms. The Balaban J connectivity index is 2.71. The highest BCUT2D eigenvalue weighted by atomic mass is 16.5. The van der Waals surface area contributed by atoms with E-state index in [-0.39, 0.29) is 0 Å². The molecule has 1 N–H and O–H groups in total. The van der Waals surface area contributed by atoms with E-state index in [4.69, 9.17) is 9.84 Å². The van der Waals surface area contributed by atoms with Crippen LogP contribution in [0, 0.1) is 0 Å². The molecule has 0 atom stereocenters. The maximum atomic E-state index is 10.4. The number of carbonyl (C=O) groups is 1. The Kier molecular flexibility index (Phi) is 1.94. The fourth-order valence-electron chi connectivity index (χ4n) is 0.910. The molecular weight excluding hydrogens is 132 g/mol. The van der Waals surface area contributed by atoms with Gasteiger partial charge in [-0.2, -0.15) is 0 Å². The average Bonchev–Trinajstić information content (AvgIpc) is 1.76. The zero-order chi connectivity index (χ0) is 7.56. The van der Waals surface area contributed by atoms with Crippen LogP contribution in [-0.4, -0.2) is 17.7 Å². The lowest BCUT2D eigenvalue weighted by molar-refractivity contribution is -0.133. The highest BCUT2D eigenvalue weighted by Crippen LogP contribution is 2.21. The summed E-state index contributed by atoms with van der Waals surface area (Å²) in [4.78, 5) is 10.4. The Morgan fingerprint density at radius 1 is 1.80 bits per heavy atom. The first-order valence-electron chi connectivity index (χ1n) is 3.33. The summed E-state index contributed by atoms with van der Waals surface area (Å²) in [5.41, 5.74) is 0.422. The largest absolute Gasteiger partial charge is 0.497 e. The van der Waals surface area contributed by atoms with Crippen LogP contribution < -0.4 is 0 Å². The highest BCUT2D eigenvalue weighted by Gasteiger charge is 2.19. The molecule has 0 spiro atoms. The van der Waals surface area contributed by atoms with Crippen molar-refractivity contribution in [2.24, 2.45) is 0 Å². The van der Waals surface area contributed by atoms with Gasteiger partial charge in [-0.25, -0.2) is 4.79 Å². The van der Waals surface area contributed by atoms with Crippen molar-refractivity contribution in [3.8, 4) is 0 Å². The molecule has 10 heavy (non-hydrogen) atoms. The van der Waals surface area contributed by atoms with Crippen LogP contribution in [0.3, 0.4) is 0 Å². The number of rotatable bonds is 2. The van der Waals surface area contributed by atoms with E-state index in [1.54, 1.807) is 0 Å². The Morgan fingerprint density at radius 2 is 2.40 bits per heavy atom. The lowest BCUT2D eigenvalue weighted by Gasteiger charge is -2.20. The van der Waals surface area contributed by atoms with Crippen LogP contribution >= 0.6 is 0 Å². The lowest BCUT2D eigenvalue weighted by Crippen LogP contribution is -2.15. The third-order valence-electron chi connectivity index (χ3n) is 1.55. The van der Waals surface area contributed by atoms with Crippen molar-refractivity contribution < 1.29 is 14.6 Å². The predicted octanol–water partition coefficient (Wildman–Crippen LogP) is 1.16. The average molecular weight is 142 g/mol. The highest BCUT2D eigenvalue weighted by molar-refractivity contribution is 5.87. The quantitative estimate of drug-likeness (QED) is 0.588. The second kappa shape index (κ2) is 2.73. The van der Waals surface area contributed by atoms with E-state index in [1.165, 1.54) is 0 Å². The standard InChI is InChI=1S/C7H10O3/c1-2-5(7(8)9)6-3-4-10-6/h2-4H2,1H3,(H,8,9). The number of aliphatic carboxylic acids is 1. The van der Waals surface area contributed by atoms with Crippen molar-refractivity contribution in [3.05, 3.63) is 11.3 Å². The van der Waals surface area contributed by atoms with E-state index in [2.05, 4.69) is 0 Å². The smallest absolute Gasteiger partial charge is 0.334 e. The molecule has 1 heterocycles. The molecule has 0 saturated carbocycles. The van der Waals surface area contributed by atoms with Gasteiger partial charge in [0, 0.05) is 6.42 Å². The molecule has 56 valence electrons. The predicted molar refractivity (Wildman–Crippen MR) is 35.5 cm³/mol. The van der Waals surface area contributed by atoms with Crippen molar-refractivity contribution in [1.29, 1.82) is 0 Å². The molecule has 0 unspecified atom stereocenters. The molecule has 0 aromatic rings. The summed E-state index contributed by atoms with van der Waals surface area (Å²) in [7, 11) is 0. The molecule has 0 aromatic heterocycles. The zero-order valence-electron chi connectivity index (χ0n) is 5.89. The van der Waals surface area contributed by atoms with E-state index < -0.39 is 5.97 Å². The van der Waals surface area contributed by atoms with E-state index >= 15 is 0 Å². The third-order valence-corrected chi connectivity index (χ3v) is 1.55. The number of hydrogen-bond donors (Lipinski definition) is 1.